The number of hydrogen-bond acceptors (Lipinski definition) is 5. The second-order valence-electron chi connectivity index (χ2n) is 4.42. The Balaban J connectivity index is 1.84. The van der Waals surface area contributed by atoms with Gasteiger partial charge in [-0.15, -0.1) is 11.3 Å². The van der Waals surface area contributed by atoms with Crippen LogP contribution < -0.4 is 5.73 Å². The predicted octanol–water partition coefficient (Wildman–Crippen LogP) is 2.58. The molecule has 0 spiro atoms. The smallest absolute Gasteiger partial charge is 0.169 e. The summed E-state index contributed by atoms with van der Waals surface area (Å²) in [6.45, 7) is 0.336. The minimum atomic E-state index is 0.0427. The molecule has 0 saturated heterocycles. The lowest BCUT2D eigenvalue weighted by atomic mass is 10.1. The molecule has 20 heavy (non-hydrogen) atoms. The van der Waals surface area contributed by atoms with Gasteiger partial charge in [0, 0.05) is 18.3 Å². The molecule has 0 unspecified atom stereocenters. The second-order valence-corrected chi connectivity index (χ2v) is 5.53. The van der Waals surface area contributed by atoms with Crippen molar-refractivity contribution < 1.29 is 4.79 Å². The zero-order valence-electron chi connectivity index (χ0n) is 10.7. The fraction of sp³-hybridized carbons (Fsp3) is 0.133. The molecule has 0 fully saturated rings. The van der Waals surface area contributed by atoms with E-state index in [1.54, 1.807) is 29.7 Å². The number of nitrogens with zero attached hydrogens (tertiary/aromatic N) is 2. The maximum absolute atomic E-state index is 12.3. The quantitative estimate of drug-likeness (QED) is 0.747. The lowest BCUT2D eigenvalue weighted by Gasteiger charge is -2.00. The van der Waals surface area contributed by atoms with Crippen LogP contribution in [0, 0.1) is 0 Å². The fourth-order valence-electron chi connectivity index (χ4n) is 2.00. The first kappa shape index (κ1) is 12.9. The van der Waals surface area contributed by atoms with Crippen LogP contribution in [-0.4, -0.2) is 15.8 Å². The van der Waals surface area contributed by atoms with Crippen LogP contribution in [0.1, 0.15) is 21.1 Å². The normalized spacial score (nSPS) is 10.8. The van der Waals surface area contributed by atoms with Gasteiger partial charge in [-0.05, 0) is 24.3 Å². The molecule has 100 valence electrons. The van der Waals surface area contributed by atoms with Crippen LogP contribution in [0.25, 0.3) is 10.2 Å². The highest BCUT2D eigenvalue weighted by molar-refractivity contribution is 7.18. The minimum Gasteiger partial charge on any atom is -0.325 e. The molecule has 2 N–H and O–H groups in total. The molecule has 0 atom stereocenters. The molecule has 2 aromatic heterocycles. The number of thiazole rings is 1. The molecule has 3 aromatic rings. The molecule has 4 nitrogen and oxygen atoms in total. The van der Waals surface area contributed by atoms with Crippen LogP contribution in [0.4, 0.5) is 0 Å². The van der Waals surface area contributed by atoms with Gasteiger partial charge in [-0.1, -0.05) is 12.1 Å². The molecule has 0 radical (unpaired) electrons. The van der Waals surface area contributed by atoms with Gasteiger partial charge in [0.05, 0.1) is 22.3 Å². The summed E-state index contributed by atoms with van der Waals surface area (Å²) in [5, 5.41) is 0.835. The van der Waals surface area contributed by atoms with Crippen molar-refractivity contribution in [2.75, 3.05) is 0 Å². The van der Waals surface area contributed by atoms with Crippen LogP contribution in [0.5, 0.6) is 0 Å². The van der Waals surface area contributed by atoms with E-state index >= 15 is 0 Å². The molecule has 3 rings (SSSR count). The van der Waals surface area contributed by atoms with Crippen molar-refractivity contribution in [2.24, 2.45) is 5.73 Å². The Bertz CT molecular complexity index is 733. The third-order valence-corrected chi connectivity index (χ3v) is 4.03. The van der Waals surface area contributed by atoms with E-state index in [0.29, 0.717) is 18.5 Å². The Morgan fingerprint density at radius 3 is 2.90 bits per heavy atom. The highest BCUT2D eigenvalue weighted by Crippen LogP contribution is 2.22. The number of carbonyl (C=O) groups excluding carboxylic acids is 1. The number of para-hydroxylation sites is 1. The summed E-state index contributed by atoms with van der Waals surface area (Å²) in [5.74, 6) is 0.0427. The highest BCUT2D eigenvalue weighted by Gasteiger charge is 2.11. The lowest BCUT2D eigenvalue weighted by Crippen LogP contribution is -2.06. The molecular formula is C15H13N3OS. The number of ketones is 1. The Morgan fingerprint density at radius 1 is 1.25 bits per heavy atom. The molecule has 1 aromatic carbocycles. The summed E-state index contributed by atoms with van der Waals surface area (Å²) < 4.78 is 1.10. The monoisotopic (exact) mass is 283 g/mol. The van der Waals surface area contributed by atoms with Crippen molar-refractivity contribution >= 4 is 27.3 Å². The number of hydrogen-bond donors (Lipinski definition) is 1. The summed E-state index contributed by atoms with van der Waals surface area (Å²) in [4.78, 5) is 20.8. The summed E-state index contributed by atoms with van der Waals surface area (Å²) in [6, 6.07) is 11.4. The van der Waals surface area contributed by atoms with Gasteiger partial charge in [-0.3, -0.25) is 9.78 Å². The first-order valence-electron chi connectivity index (χ1n) is 6.29. The second kappa shape index (κ2) is 5.48. The summed E-state index contributed by atoms with van der Waals surface area (Å²) in [5.41, 5.74) is 7.84. The molecular weight excluding hydrogens is 270 g/mol. The lowest BCUT2D eigenvalue weighted by molar-refractivity contribution is 0.0993. The van der Waals surface area contributed by atoms with Crippen LogP contribution in [-0.2, 0) is 13.0 Å². The standard InChI is InChI=1S/C15H13N3OS/c16-9-11-7-10(5-6-17-11)13(19)8-15-18-12-3-1-2-4-14(12)20-15/h1-7H,8-9,16H2. The van der Waals surface area contributed by atoms with Gasteiger partial charge in [0.15, 0.2) is 5.78 Å². The number of benzene rings is 1. The number of carbonyl (C=O) groups is 1. The third-order valence-electron chi connectivity index (χ3n) is 3.00. The number of nitrogens with two attached hydrogens (primary N) is 1. The van der Waals surface area contributed by atoms with Crippen LogP contribution in [0.3, 0.4) is 0 Å². The van der Waals surface area contributed by atoms with Crippen LogP contribution >= 0.6 is 11.3 Å². The molecule has 0 saturated carbocycles. The number of aromatic nitrogens is 2. The van der Waals surface area contributed by atoms with E-state index in [1.807, 2.05) is 24.3 Å². The fourth-order valence-corrected chi connectivity index (χ4v) is 2.96. The van der Waals surface area contributed by atoms with E-state index in [2.05, 4.69) is 9.97 Å². The van der Waals surface area contributed by atoms with Gasteiger partial charge >= 0.3 is 0 Å². The van der Waals surface area contributed by atoms with Crippen molar-refractivity contribution in [3.05, 3.63) is 58.9 Å². The molecule has 0 amide bonds. The van der Waals surface area contributed by atoms with Crippen molar-refractivity contribution in [3.63, 3.8) is 0 Å². The van der Waals surface area contributed by atoms with E-state index in [0.717, 1.165) is 20.9 Å². The summed E-state index contributed by atoms with van der Waals surface area (Å²) >= 11 is 1.56. The largest absolute Gasteiger partial charge is 0.325 e. The molecule has 2 heterocycles. The van der Waals surface area contributed by atoms with E-state index in [9.17, 15) is 4.79 Å². The minimum absolute atomic E-state index is 0.0427. The van der Waals surface area contributed by atoms with Gasteiger partial charge in [-0.25, -0.2) is 4.98 Å². The zero-order valence-corrected chi connectivity index (χ0v) is 11.6. The summed E-state index contributed by atoms with van der Waals surface area (Å²) in [6.07, 6.45) is 1.93. The Labute approximate surface area is 120 Å². The van der Waals surface area contributed by atoms with E-state index in [1.165, 1.54) is 0 Å². The predicted molar refractivity (Wildman–Crippen MR) is 79.8 cm³/mol. The summed E-state index contributed by atoms with van der Waals surface area (Å²) in [7, 11) is 0. The Hall–Kier alpha value is -2.11. The maximum atomic E-state index is 12.3. The van der Waals surface area contributed by atoms with E-state index in [4.69, 9.17) is 5.73 Å². The Kier molecular flexibility index (Phi) is 3.54. The molecule has 5 heteroatoms. The number of rotatable bonds is 4. The van der Waals surface area contributed by atoms with Gasteiger partial charge in [0.1, 0.15) is 5.01 Å². The maximum Gasteiger partial charge on any atom is 0.169 e. The van der Waals surface area contributed by atoms with Gasteiger partial charge in [0.2, 0.25) is 0 Å². The molecule has 0 aliphatic carbocycles. The SMILES string of the molecule is NCc1cc(C(=O)Cc2nc3ccccc3s2)ccn1. The zero-order chi connectivity index (χ0) is 13.9. The first-order valence-corrected chi connectivity index (χ1v) is 7.10. The molecule has 0 bridgehead atoms. The van der Waals surface area contributed by atoms with Crippen molar-refractivity contribution in [2.45, 2.75) is 13.0 Å². The number of Topliss-reactive ketones (excluding diaryl/α,β-unsaturated/α-hetero) is 1. The van der Waals surface area contributed by atoms with Gasteiger partial charge in [-0.2, -0.15) is 0 Å². The highest BCUT2D eigenvalue weighted by atomic mass is 32.1. The third kappa shape index (κ3) is 2.59. The Morgan fingerprint density at radius 2 is 2.10 bits per heavy atom. The van der Waals surface area contributed by atoms with Crippen molar-refractivity contribution in [3.8, 4) is 0 Å². The van der Waals surface area contributed by atoms with E-state index < -0.39 is 0 Å². The molecule has 0 aliphatic rings. The average Bonchev–Trinajstić information content (AvgIpc) is 2.89. The topological polar surface area (TPSA) is 68.9 Å². The van der Waals surface area contributed by atoms with Gasteiger partial charge < -0.3 is 5.73 Å². The molecule has 0 aliphatic heterocycles. The van der Waals surface area contributed by atoms with Crippen molar-refractivity contribution in [1.82, 2.24) is 9.97 Å². The number of fused-ring (bicyclic) bond motifs is 1. The average molecular weight is 283 g/mol. The van der Waals surface area contributed by atoms with E-state index in [-0.39, 0.29) is 5.78 Å². The first-order chi connectivity index (χ1) is 9.76. The van der Waals surface area contributed by atoms with Crippen LogP contribution in [0.15, 0.2) is 42.6 Å². The van der Waals surface area contributed by atoms with Crippen LogP contribution in [0.2, 0.25) is 0 Å². The van der Waals surface area contributed by atoms with Crippen molar-refractivity contribution in [1.29, 1.82) is 0 Å². The van der Waals surface area contributed by atoms with Gasteiger partial charge in [0.25, 0.3) is 0 Å². The number of pyridine rings is 1.